The van der Waals surface area contributed by atoms with Crippen molar-refractivity contribution in [2.45, 2.75) is 18.6 Å². The molecule has 0 aromatic heterocycles. The topological polar surface area (TPSA) is 144 Å². The maximum absolute atomic E-state index is 12.2. The molecule has 136 valence electrons. The molecular formula is C17H16N2O7. The van der Waals surface area contributed by atoms with E-state index in [0.29, 0.717) is 6.42 Å². The molecule has 1 heterocycles. The minimum Gasteiger partial charge on any atom is -0.595 e. The van der Waals surface area contributed by atoms with Crippen LogP contribution < -0.4 is 10.5 Å². The molecule has 2 aromatic rings. The van der Waals surface area contributed by atoms with E-state index >= 15 is 0 Å². The van der Waals surface area contributed by atoms with E-state index in [2.05, 4.69) is 5.32 Å². The van der Waals surface area contributed by atoms with Crippen molar-refractivity contribution in [3.05, 3.63) is 58.8 Å². The van der Waals surface area contributed by atoms with E-state index in [1.807, 2.05) is 0 Å². The molecule has 26 heavy (non-hydrogen) atoms. The second-order valence-corrected chi connectivity index (χ2v) is 5.81. The Labute approximate surface area is 147 Å². The summed E-state index contributed by atoms with van der Waals surface area (Å²) in [6.45, 7) is 0. The number of benzene rings is 2. The second kappa shape index (κ2) is 7.00. The first-order valence-corrected chi connectivity index (χ1v) is 7.71. The standard InChI is InChI=1S/C17H16N2O7/c20-12-3-1-2-11(15(12)21)16(22)18-14-13(26-17(14)23)8-9-4-6-10(7-5-9)19(24)25/h1-7,13-14,19-21,24H,8H2,(H,18,22)/t13-,14+/m1/s1. The lowest BCUT2D eigenvalue weighted by Crippen LogP contribution is -2.99. The number of carbonyl (C=O) groups is 2. The number of rotatable bonds is 5. The van der Waals surface area contributed by atoms with Crippen molar-refractivity contribution >= 4 is 17.6 Å². The molecule has 1 aliphatic heterocycles. The maximum Gasteiger partial charge on any atom is 0.332 e. The van der Waals surface area contributed by atoms with Gasteiger partial charge in [0.2, 0.25) is 0 Å². The number of quaternary nitrogens is 1. The summed E-state index contributed by atoms with van der Waals surface area (Å²) in [6.07, 6.45) is -0.315. The number of phenols is 2. The molecule has 0 spiro atoms. The molecule has 5 N–H and O–H groups in total. The van der Waals surface area contributed by atoms with Crippen molar-refractivity contribution in [1.82, 2.24) is 5.32 Å². The monoisotopic (exact) mass is 360 g/mol. The Morgan fingerprint density at radius 2 is 1.88 bits per heavy atom. The number of hydrogen-bond acceptors (Lipinski definition) is 7. The quantitative estimate of drug-likeness (QED) is 0.281. The minimum atomic E-state index is -1.04. The molecule has 2 aromatic carbocycles. The number of para-hydroxylation sites is 1. The largest absolute Gasteiger partial charge is 0.595 e. The van der Waals surface area contributed by atoms with Gasteiger partial charge in [-0.2, -0.15) is 5.23 Å². The van der Waals surface area contributed by atoms with Crippen LogP contribution in [0.25, 0.3) is 0 Å². The van der Waals surface area contributed by atoms with Crippen LogP contribution in [0.4, 0.5) is 5.69 Å². The summed E-state index contributed by atoms with van der Waals surface area (Å²) >= 11 is 0. The van der Waals surface area contributed by atoms with Gasteiger partial charge in [0, 0.05) is 18.6 Å². The molecule has 0 saturated carbocycles. The molecule has 1 fully saturated rings. The molecule has 1 unspecified atom stereocenters. The van der Waals surface area contributed by atoms with E-state index < -0.39 is 40.7 Å². The van der Waals surface area contributed by atoms with Crippen LogP contribution in [-0.2, 0) is 16.0 Å². The average molecular weight is 360 g/mol. The van der Waals surface area contributed by atoms with Gasteiger partial charge in [0.1, 0.15) is 6.10 Å². The number of ether oxygens (including phenoxy) is 1. The summed E-state index contributed by atoms with van der Waals surface area (Å²) in [7, 11) is 0. The highest BCUT2D eigenvalue weighted by Gasteiger charge is 2.43. The Hall–Kier alpha value is -3.14. The van der Waals surface area contributed by atoms with Crippen molar-refractivity contribution in [2.75, 3.05) is 0 Å². The average Bonchev–Trinajstić information content (AvgIpc) is 2.62. The maximum atomic E-state index is 12.2. The highest BCUT2D eigenvalue weighted by molar-refractivity contribution is 6.00. The summed E-state index contributed by atoms with van der Waals surface area (Å²) in [5, 5.41) is 40.4. The molecule has 0 bridgehead atoms. The van der Waals surface area contributed by atoms with Gasteiger partial charge in [-0.3, -0.25) is 4.79 Å². The highest BCUT2D eigenvalue weighted by Crippen LogP contribution is 2.29. The molecule has 9 nitrogen and oxygen atoms in total. The molecule has 1 amide bonds. The van der Waals surface area contributed by atoms with Gasteiger partial charge in [-0.1, -0.05) is 18.2 Å². The van der Waals surface area contributed by atoms with Gasteiger partial charge in [0.15, 0.2) is 23.2 Å². The fourth-order valence-corrected chi connectivity index (χ4v) is 2.63. The van der Waals surface area contributed by atoms with Gasteiger partial charge in [-0.15, -0.1) is 0 Å². The summed E-state index contributed by atoms with van der Waals surface area (Å²) in [5.74, 6) is -2.33. The highest BCUT2D eigenvalue weighted by atomic mass is 16.8. The van der Waals surface area contributed by atoms with Gasteiger partial charge in [-0.25, -0.2) is 10.0 Å². The summed E-state index contributed by atoms with van der Waals surface area (Å²) in [6, 6.07) is 9.13. The van der Waals surface area contributed by atoms with E-state index in [0.717, 1.165) is 5.56 Å². The molecule has 0 radical (unpaired) electrons. The second-order valence-electron chi connectivity index (χ2n) is 5.81. The molecule has 3 rings (SSSR count). The zero-order chi connectivity index (χ0) is 18.8. The van der Waals surface area contributed by atoms with Crippen LogP contribution in [0.2, 0.25) is 0 Å². The molecular weight excluding hydrogens is 344 g/mol. The molecule has 1 saturated heterocycles. The Bertz CT molecular complexity index is 836. The van der Waals surface area contributed by atoms with Gasteiger partial charge in [-0.05, 0) is 17.7 Å². The number of hydrogen-bond donors (Lipinski definition) is 5. The molecule has 1 aliphatic rings. The molecule has 3 atom stereocenters. The van der Waals surface area contributed by atoms with E-state index in [1.165, 1.54) is 30.3 Å². The third-order valence-corrected chi connectivity index (χ3v) is 4.08. The fourth-order valence-electron chi connectivity index (χ4n) is 2.63. The predicted octanol–water partition coefficient (Wildman–Crippen LogP) is -0.232. The summed E-state index contributed by atoms with van der Waals surface area (Å²) in [5.41, 5.74) is 0.727. The van der Waals surface area contributed by atoms with Crippen molar-refractivity contribution in [3.8, 4) is 11.5 Å². The number of esters is 1. The van der Waals surface area contributed by atoms with Crippen LogP contribution in [-0.4, -0.2) is 39.4 Å². The summed E-state index contributed by atoms with van der Waals surface area (Å²) in [4.78, 5) is 23.9. The molecule has 9 heteroatoms. The van der Waals surface area contributed by atoms with E-state index in [-0.39, 0.29) is 11.3 Å². The number of aromatic hydroxyl groups is 2. The van der Waals surface area contributed by atoms with Crippen molar-refractivity contribution in [2.24, 2.45) is 0 Å². The minimum absolute atomic E-state index is 0.142. The molecule has 0 aliphatic carbocycles. The van der Waals surface area contributed by atoms with Crippen molar-refractivity contribution in [1.29, 1.82) is 0 Å². The Morgan fingerprint density at radius 1 is 1.19 bits per heavy atom. The Kier molecular flexibility index (Phi) is 4.76. The van der Waals surface area contributed by atoms with Crippen molar-refractivity contribution in [3.63, 3.8) is 0 Å². The number of amides is 1. The van der Waals surface area contributed by atoms with Gasteiger partial charge in [0.25, 0.3) is 5.91 Å². The van der Waals surface area contributed by atoms with Crippen LogP contribution in [0.15, 0.2) is 42.5 Å². The lowest BCUT2D eigenvalue weighted by Gasteiger charge is -2.35. The Balaban J connectivity index is 1.67. The van der Waals surface area contributed by atoms with Crippen LogP contribution in [0, 0.1) is 5.21 Å². The first kappa shape index (κ1) is 17.7. The van der Waals surface area contributed by atoms with E-state index in [4.69, 9.17) is 9.94 Å². The number of nitrogens with one attached hydrogen (secondary N) is 2. The normalized spacial score (nSPS) is 20.0. The predicted molar refractivity (Wildman–Crippen MR) is 86.8 cm³/mol. The van der Waals surface area contributed by atoms with Gasteiger partial charge >= 0.3 is 5.97 Å². The van der Waals surface area contributed by atoms with Crippen LogP contribution in [0.3, 0.4) is 0 Å². The van der Waals surface area contributed by atoms with Crippen LogP contribution >= 0.6 is 0 Å². The number of phenolic OH excluding ortho intramolecular Hbond substituents is 2. The lowest BCUT2D eigenvalue weighted by molar-refractivity contribution is -0.991. The SMILES string of the molecule is O=C(N[C@@H]1C(=O)O[C@@H]1Cc1ccc([NH+]([O-])O)cc1)c1cccc(O)c1O. The Morgan fingerprint density at radius 3 is 2.50 bits per heavy atom. The number of cyclic esters (lactones) is 1. The number of carbonyl (C=O) groups excluding carboxylic acids is 2. The lowest BCUT2D eigenvalue weighted by atomic mass is 9.97. The third kappa shape index (κ3) is 3.45. The zero-order valence-corrected chi connectivity index (χ0v) is 13.4. The fraction of sp³-hybridized carbons (Fsp3) is 0.176. The van der Waals surface area contributed by atoms with Gasteiger partial charge < -0.3 is 25.5 Å². The third-order valence-electron chi connectivity index (χ3n) is 4.08. The van der Waals surface area contributed by atoms with Crippen molar-refractivity contribution < 1.29 is 35.0 Å². The van der Waals surface area contributed by atoms with E-state index in [1.54, 1.807) is 12.1 Å². The van der Waals surface area contributed by atoms with E-state index in [9.17, 15) is 25.0 Å². The van der Waals surface area contributed by atoms with Crippen LogP contribution in [0.5, 0.6) is 11.5 Å². The first-order chi connectivity index (χ1) is 12.4. The smallest absolute Gasteiger partial charge is 0.332 e. The van der Waals surface area contributed by atoms with Gasteiger partial charge in [0.05, 0.1) is 5.56 Å². The summed E-state index contributed by atoms with van der Waals surface area (Å²) < 4.78 is 5.04. The van der Waals surface area contributed by atoms with Crippen LogP contribution in [0.1, 0.15) is 15.9 Å². The first-order valence-electron chi connectivity index (χ1n) is 7.71. The zero-order valence-electron chi connectivity index (χ0n) is 13.4.